The average molecular weight is 442 g/mol. The zero-order valence-electron chi connectivity index (χ0n) is 18.2. The van der Waals surface area contributed by atoms with E-state index in [2.05, 4.69) is 0 Å². The highest BCUT2D eigenvalue weighted by molar-refractivity contribution is 6.07. The van der Waals surface area contributed by atoms with Crippen molar-refractivity contribution >= 4 is 5.69 Å². The number of benzene rings is 5. The Labute approximate surface area is 197 Å². The van der Waals surface area contributed by atoms with Gasteiger partial charge in [0.1, 0.15) is 0 Å². The van der Waals surface area contributed by atoms with Gasteiger partial charge in [-0.2, -0.15) is 0 Å². The van der Waals surface area contributed by atoms with Gasteiger partial charge in [-0.15, -0.1) is 0 Å². The van der Waals surface area contributed by atoms with Gasteiger partial charge in [-0.25, -0.2) is 0 Å². The van der Waals surface area contributed by atoms with Crippen LogP contribution in [0.4, 0.5) is 5.69 Å². The summed E-state index contributed by atoms with van der Waals surface area (Å²) in [5.74, 6) is -0.235. The van der Waals surface area contributed by atoms with Gasteiger partial charge in [-0.3, -0.25) is 15.2 Å². The number of rotatable bonds is 5. The molecule has 5 rings (SSSR count). The molecule has 4 nitrogen and oxygen atoms in total. The van der Waals surface area contributed by atoms with Crippen molar-refractivity contribution in [3.8, 4) is 50.3 Å². The molecule has 5 aromatic carbocycles. The second-order valence-corrected chi connectivity index (χ2v) is 7.90. The van der Waals surface area contributed by atoms with E-state index in [1.54, 1.807) is 0 Å². The smallest absolute Gasteiger partial charge is 0.286 e. The monoisotopic (exact) mass is 442 g/mol. The van der Waals surface area contributed by atoms with Crippen LogP contribution in [0.3, 0.4) is 0 Å². The van der Waals surface area contributed by atoms with Crippen LogP contribution >= 0.6 is 0 Å². The molecule has 0 saturated heterocycles. The number of nitrogens with zero attached hydrogens (tertiary/aromatic N) is 1. The first kappa shape index (κ1) is 21.2. The minimum Gasteiger partial charge on any atom is -0.289 e. The van der Waals surface area contributed by atoms with Gasteiger partial charge in [0, 0.05) is 11.1 Å². The first-order valence-corrected chi connectivity index (χ1v) is 10.9. The van der Waals surface area contributed by atoms with E-state index in [1.807, 2.05) is 121 Å². The van der Waals surface area contributed by atoms with Gasteiger partial charge in [0.2, 0.25) is 0 Å². The molecule has 0 spiro atoms. The molecule has 0 heterocycles. The summed E-state index contributed by atoms with van der Waals surface area (Å²) < 4.78 is 0. The second kappa shape index (κ2) is 9.04. The molecule has 0 amide bonds. The Morgan fingerprint density at radius 1 is 0.441 bits per heavy atom. The predicted octanol–water partition coefficient (Wildman–Crippen LogP) is 8.41. The summed E-state index contributed by atoms with van der Waals surface area (Å²) in [7, 11) is 0. The van der Waals surface area contributed by atoms with Gasteiger partial charge >= 0.3 is 0 Å². The molecule has 5 aromatic rings. The Morgan fingerprint density at radius 3 is 0.971 bits per heavy atom. The zero-order valence-corrected chi connectivity index (χ0v) is 18.2. The van der Waals surface area contributed by atoms with E-state index in [4.69, 9.17) is 0 Å². The van der Waals surface area contributed by atoms with Crippen molar-refractivity contribution in [3.05, 3.63) is 131 Å². The van der Waals surface area contributed by atoms with Crippen LogP contribution in [0.5, 0.6) is 5.75 Å². The van der Waals surface area contributed by atoms with Crippen molar-refractivity contribution in [2.24, 2.45) is 0 Å². The number of hydrogen-bond acceptors (Lipinski definition) is 2. The van der Waals surface area contributed by atoms with Gasteiger partial charge in [-0.1, -0.05) is 121 Å². The van der Waals surface area contributed by atoms with Crippen molar-refractivity contribution in [1.82, 2.24) is 0 Å². The summed E-state index contributed by atoms with van der Waals surface area (Å²) in [6.45, 7) is 0. The lowest BCUT2D eigenvalue weighted by Crippen LogP contribution is -2.01. The second-order valence-electron chi connectivity index (χ2n) is 7.90. The molecule has 34 heavy (non-hydrogen) atoms. The number of nitro benzene ring substituents is 1. The van der Waals surface area contributed by atoms with E-state index >= 15 is 0 Å². The molecule has 1 radical (unpaired) electrons. The summed E-state index contributed by atoms with van der Waals surface area (Å²) in [6, 6.07) is 36.6. The molecule has 163 valence electrons. The maximum Gasteiger partial charge on any atom is 0.286 e. The zero-order chi connectivity index (χ0) is 23.5. The van der Waals surface area contributed by atoms with Crippen molar-refractivity contribution < 1.29 is 10.0 Å². The predicted molar refractivity (Wildman–Crippen MR) is 135 cm³/mol. The Hall–Kier alpha value is -4.70. The van der Waals surface area contributed by atoms with Gasteiger partial charge in [0.15, 0.2) is 5.75 Å². The summed E-state index contributed by atoms with van der Waals surface area (Å²) in [4.78, 5) is 12.4. The van der Waals surface area contributed by atoms with Crippen LogP contribution in [0.25, 0.3) is 44.5 Å². The Balaban J connectivity index is 2.04. The van der Waals surface area contributed by atoms with E-state index in [0.29, 0.717) is 44.5 Å². The Kier molecular flexibility index (Phi) is 5.63. The molecule has 0 bridgehead atoms. The van der Waals surface area contributed by atoms with Crippen molar-refractivity contribution in [3.63, 3.8) is 0 Å². The van der Waals surface area contributed by atoms with Crippen molar-refractivity contribution in [2.45, 2.75) is 0 Å². The highest BCUT2D eigenvalue weighted by Gasteiger charge is 2.34. The Bertz CT molecular complexity index is 1350. The van der Waals surface area contributed by atoms with E-state index in [1.165, 1.54) is 0 Å². The van der Waals surface area contributed by atoms with Crippen LogP contribution in [0.2, 0.25) is 0 Å². The molecule has 0 aliphatic rings. The van der Waals surface area contributed by atoms with Crippen molar-refractivity contribution in [2.75, 3.05) is 0 Å². The van der Waals surface area contributed by atoms with Crippen molar-refractivity contribution in [1.29, 1.82) is 0 Å². The first-order chi connectivity index (χ1) is 16.7. The van der Waals surface area contributed by atoms with Crippen LogP contribution < -0.4 is 0 Å². The van der Waals surface area contributed by atoms with E-state index < -0.39 is 0 Å². The lowest BCUT2D eigenvalue weighted by atomic mass is 9.82. The topological polar surface area (TPSA) is 63.0 Å². The van der Waals surface area contributed by atoms with Crippen LogP contribution in [0.1, 0.15) is 0 Å². The third-order valence-corrected chi connectivity index (χ3v) is 5.86. The summed E-state index contributed by atoms with van der Waals surface area (Å²) >= 11 is 0. The summed E-state index contributed by atoms with van der Waals surface area (Å²) in [5.41, 5.74) is 3.80. The average Bonchev–Trinajstić information content (AvgIpc) is 2.89. The maximum atomic E-state index is 14.3. The van der Waals surface area contributed by atoms with Gasteiger partial charge < -0.3 is 0 Å². The molecule has 0 unspecified atom stereocenters. The molecule has 4 heteroatoms. The first-order valence-electron chi connectivity index (χ1n) is 10.9. The lowest BCUT2D eigenvalue weighted by molar-refractivity contribution is -0.383. The largest absolute Gasteiger partial charge is 0.289 e. The number of hydrogen-bond donors (Lipinski definition) is 0. The molecule has 0 fully saturated rings. The maximum absolute atomic E-state index is 14.3. The quantitative estimate of drug-likeness (QED) is 0.203. The Morgan fingerprint density at radius 2 is 0.706 bits per heavy atom. The molecule has 0 saturated carbocycles. The lowest BCUT2D eigenvalue weighted by Gasteiger charge is -2.20. The SMILES string of the molecule is [O]c1c(-c2ccccc2)c(-c2ccccc2)c([N+](=O)[O-])c(-c2ccccc2)c1-c1ccccc1. The standard InChI is InChI=1S/C30H20NO3/c32-30-27(23-17-9-3-10-18-23)25(21-13-5-1-6-14-21)29(31(33)34)26(22-15-7-2-8-16-22)28(30)24-19-11-4-12-20-24/h1-20H. The molecule has 0 N–H and O–H groups in total. The van der Waals surface area contributed by atoms with Gasteiger partial charge in [0.25, 0.3) is 5.69 Å². The molecular formula is C30H20NO3. The highest BCUT2D eigenvalue weighted by atomic mass is 16.6. The van der Waals surface area contributed by atoms with E-state index in [-0.39, 0.29) is 16.4 Å². The molecule has 0 aliphatic carbocycles. The fourth-order valence-electron chi connectivity index (χ4n) is 4.43. The minimum absolute atomic E-state index is 0.0743. The molecule has 0 aromatic heterocycles. The van der Waals surface area contributed by atoms with E-state index in [9.17, 15) is 15.2 Å². The van der Waals surface area contributed by atoms with Crippen LogP contribution in [-0.4, -0.2) is 4.92 Å². The van der Waals surface area contributed by atoms with E-state index in [0.717, 1.165) is 0 Å². The van der Waals surface area contributed by atoms with Gasteiger partial charge in [0.05, 0.1) is 16.1 Å². The normalized spacial score (nSPS) is 10.7. The third kappa shape index (κ3) is 3.71. The molecular weight excluding hydrogens is 422 g/mol. The highest BCUT2D eigenvalue weighted by Crippen LogP contribution is 2.55. The van der Waals surface area contributed by atoms with Gasteiger partial charge in [-0.05, 0) is 22.3 Å². The fraction of sp³-hybridized carbons (Fsp3) is 0. The van der Waals surface area contributed by atoms with Crippen LogP contribution in [-0.2, 0) is 5.11 Å². The number of nitro groups is 1. The fourth-order valence-corrected chi connectivity index (χ4v) is 4.43. The van der Waals surface area contributed by atoms with Crippen LogP contribution in [0.15, 0.2) is 121 Å². The minimum atomic E-state index is -0.358. The molecule has 0 atom stereocenters. The molecule has 0 aliphatic heterocycles. The third-order valence-electron chi connectivity index (χ3n) is 5.86. The summed E-state index contributed by atoms with van der Waals surface area (Å²) in [5, 5.41) is 27.1. The van der Waals surface area contributed by atoms with Crippen LogP contribution in [0, 0.1) is 10.1 Å². The summed E-state index contributed by atoms with van der Waals surface area (Å²) in [6.07, 6.45) is 0.